The van der Waals surface area contributed by atoms with E-state index in [2.05, 4.69) is 5.32 Å². The highest BCUT2D eigenvalue weighted by Gasteiger charge is 2.07. The Kier molecular flexibility index (Phi) is 6.31. The van der Waals surface area contributed by atoms with Crippen LogP contribution in [0.1, 0.15) is 25.7 Å². The maximum absolute atomic E-state index is 11.7. The van der Waals surface area contributed by atoms with Crippen LogP contribution in [-0.2, 0) is 9.59 Å². The molecule has 2 N–H and O–H groups in total. The number of benzene rings is 1. The number of hydrogen-bond donors (Lipinski definition) is 2. The lowest BCUT2D eigenvalue weighted by molar-refractivity contribution is -0.137. The molecule has 0 atom stereocenters. The number of rotatable bonds is 7. The van der Waals surface area contributed by atoms with Crippen molar-refractivity contribution >= 4 is 34.9 Å². The minimum absolute atomic E-state index is 0.0939. The Bertz CT molecular complexity index is 489. The largest absolute Gasteiger partial charge is 0.481 e. The quantitative estimate of drug-likeness (QED) is 0.759. The zero-order valence-electron chi connectivity index (χ0n) is 11.6. The number of anilines is 2. The van der Waals surface area contributed by atoms with Gasteiger partial charge in [-0.1, -0.05) is 11.6 Å². The molecule has 0 saturated heterocycles. The average Bonchev–Trinajstić information content (AvgIpc) is 2.34. The standard InChI is InChI=1S/C14H19ClN2O3/c1-17(2)12-8-7-10(9-11(12)15)16-13(18)5-3-4-6-14(19)20/h7-9H,3-6H2,1-2H3,(H,16,18)(H,19,20). The SMILES string of the molecule is CN(C)c1ccc(NC(=O)CCCCC(=O)O)cc1Cl. The molecule has 1 aromatic carbocycles. The zero-order valence-corrected chi connectivity index (χ0v) is 12.4. The van der Waals surface area contributed by atoms with Crippen LogP contribution in [0, 0.1) is 0 Å². The fourth-order valence-electron chi connectivity index (χ4n) is 1.73. The molecule has 0 bridgehead atoms. The molecule has 0 unspecified atom stereocenters. The number of amides is 1. The van der Waals surface area contributed by atoms with Gasteiger partial charge in [0.1, 0.15) is 0 Å². The number of carboxylic acids is 1. The predicted octanol–water partition coefficient (Wildman–Crippen LogP) is 2.99. The normalized spacial score (nSPS) is 10.2. The first-order chi connectivity index (χ1) is 9.40. The summed E-state index contributed by atoms with van der Waals surface area (Å²) in [6.45, 7) is 0. The van der Waals surface area contributed by atoms with Gasteiger partial charge in [0, 0.05) is 32.6 Å². The Morgan fingerprint density at radius 1 is 1.25 bits per heavy atom. The van der Waals surface area contributed by atoms with Gasteiger partial charge in [0.2, 0.25) is 5.91 Å². The first-order valence-electron chi connectivity index (χ1n) is 6.38. The van der Waals surface area contributed by atoms with E-state index in [1.807, 2.05) is 25.1 Å². The minimum atomic E-state index is -0.837. The average molecular weight is 299 g/mol. The molecule has 1 aromatic rings. The highest BCUT2D eigenvalue weighted by molar-refractivity contribution is 6.33. The van der Waals surface area contributed by atoms with Crippen LogP contribution >= 0.6 is 11.6 Å². The van der Waals surface area contributed by atoms with Crippen molar-refractivity contribution in [1.29, 1.82) is 0 Å². The van der Waals surface area contributed by atoms with Gasteiger partial charge in [0.15, 0.2) is 0 Å². The Morgan fingerprint density at radius 3 is 2.45 bits per heavy atom. The summed E-state index contributed by atoms with van der Waals surface area (Å²) in [6.07, 6.45) is 1.46. The summed E-state index contributed by atoms with van der Waals surface area (Å²) in [5, 5.41) is 11.8. The Morgan fingerprint density at radius 2 is 1.90 bits per heavy atom. The van der Waals surface area contributed by atoms with Gasteiger partial charge >= 0.3 is 5.97 Å². The second kappa shape index (κ2) is 7.75. The van der Waals surface area contributed by atoms with Crippen molar-refractivity contribution in [3.63, 3.8) is 0 Å². The Hall–Kier alpha value is -1.75. The topological polar surface area (TPSA) is 69.6 Å². The van der Waals surface area contributed by atoms with Crippen LogP contribution in [0.25, 0.3) is 0 Å². The van der Waals surface area contributed by atoms with E-state index in [0.717, 1.165) is 5.69 Å². The number of nitrogens with one attached hydrogen (secondary N) is 1. The molecule has 6 heteroatoms. The molecule has 0 radical (unpaired) electrons. The third-order valence-electron chi connectivity index (χ3n) is 2.76. The summed E-state index contributed by atoms with van der Waals surface area (Å²) in [5.74, 6) is -0.972. The smallest absolute Gasteiger partial charge is 0.303 e. The number of carbonyl (C=O) groups excluding carboxylic acids is 1. The van der Waals surface area contributed by atoms with Gasteiger partial charge < -0.3 is 15.3 Å². The predicted molar refractivity (Wildman–Crippen MR) is 80.5 cm³/mol. The van der Waals surface area contributed by atoms with Crippen molar-refractivity contribution in [3.8, 4) is 0 Å². The summed E-state index contributed by atoms with van der Waals surface area (Å²) in [4.78, 5) is 23.9. The third kappa shape index (κ3) is 5.48. The lowest BCUT2D eigenvalue weighted by Gasteiger charge is -2.15. The number of carbonyl (C=O) groups is 2. The van der Waals surface area contributed by atoms with Crippen molar-refractivity contribution in [1.82, 2.24) is 0 Å². The second-order valence-electron chi connectivity index (χ2n) is 4.71. The molecule has 20 heavy (non-hydrogen) atoms. The molecule has 0 aliphatic heterocycles. The number of halogens is 1. The van der Waals surface area contributed by atoms with E-state index in [1.165, 1.54) is 0 Å². The van der Waals surface area contributed by atoms with Crippen molar-refractivity contribution in [2.45, 2.75) is 25.7 Å². The summed E-state index contributed by atoms with van der Waals surface area (Å²) in [7, 11) is 3.78. The molecule has 0 aromatic heterocycles. The summed E-state index contributed by atoms with van der Waals surface area (Å²) < 4.78 is 0. The van der Waals surface area contributed by atoms with Crippen molar-refractivity contribution in [2.24, 2.45) is 0 Å². The highest BCUT2D eigenvalue weighted by Crippen LogP contribution is 2.27. The lowest BCUT2D eigenvalue weighted by atomic mass is 10.2. The fourth-order valence-corrected chi connectivity index (χ4v) is 2.08. The van der Waals surface area contributed by atoms with Crippen LogP contribution < -0.4 is 10.2 Å². The molecule has 0 fully saturated rings. The molecule has 110 valence electrons. The van der Waals surface area contributed by atoms with E-state index in [-0.39, 0.29) is 12.3 Å². The van der Waals surface area contributed by atoms with E-state index in [0.29, 0.717) is 30.0 Å². The molecule has 5 nitrogen and oxygen atoms in total. The molecule has 1 amide bonds. The molecule has 0 saturated carbocycles. The summed E-state index contributed by atoms with van der Waals surface area (Å²) in [5.41, 5.74) is 1.52. The van der Waals surface area contributed by atoms with Gasteiger partial charge in [-0.3, -0.25) is 9.59 Å². The molecule has 0 aliphatic rings. The zero-order chi connectivity index (χ0) is 15.1. The molecule has 0 aliphatic carbocycles. The van der Waals surface area contributed by atoms with Gasteiger partial charge in [-0.15, -0.1) is 0 Å². The lowest BCUT2D eigenvalue weighted by Crippen LogP contribution is -2.12. The van der Waals surface area contributed by atoms with Crippen molar-refractivity contribution < 1.29 is 14.7 Å². The molecule has 0 heterocycles. The number of unbranched alkanes of at least 4 members (excludes halogenated alkanes) is 1. The Labute approximate surface area is 123 Å². The number of aliphatic carboxylic acids is 1. The summed E-state index contributed by atoms with van der Waals surface area (Å²) >= 11 is 6.11. The van der Waals surface area contributed by atoms with E-state index < -0.39 is 5.97 Å². The first kappa shape index (κ1) is 16.3. The van der Waals surface area contributed by atoms with Gasteiger partial charge in [-0.05, 0) is 31.0 Å². The third-order valence-corrected chi connectivity index (χ3v) is 3.06. The highest BCUT2D eigenvalue weighted by atomic mass is 35.5. The van der Waals surface area contributed by atoms with Gasteiger partial charge in [0.25, 0.3) is 0 Å². The summed E-state index contributed by atoms with van der Waals surface area (Å²) in [6, 6.07) is 5.32. The van der Waals surface area contributed by atoms with Crippen LogP contribution in [0.2, 0.25) is 5.02 Å². The molecule has 0 spiro atoms. The van der Waals surface area contributed by atoms with Crippen molar-refractivity contribution in [2.75, 3.05) is 24.3 Å². The van der Waals surface area contributed by atoms with E-state index in [1.54, 1.807) is 12.1 Å². The maximum atomic E-state index is 11.7. The van der Waals surface area contributed by atoms with Crippen LogP contribution in [0.5, 0.6) is 0 Å². The molecular formula is C14H19ClN2O3. The Balaban J connectivity index is 2.46. The van der Waals surface area contributed by atoms with Crippen LogP contribution in [0.3, 0.4) is 0 Å². The van der Waals surface area contributed by atoms with Crippen LogP contribution in [0.4, 0.5) is 11.4 Å². The van der Waals surface area contributed by atoms with Gasteiger partial charge in [-0.2, -0.15) is 0 Å². The van der Waals surface area contributed by atoms with Gasteiger partial charge in [-0.25, -0.2) is 0 Å². The number of carboxylic acid groups (broad SMARTS) is 1. The van der Waals surface area contributed by atoms with Crippen molar-refractivity contribution in [3.05, 3.63) is 23.2 Å². The fraction of sp³-hybridized carbons (Fsp3) is 0.429. The van der Waals surface area contributed by atoms with Crippen LogP contribution in [-0.4, -0.2) is 31.1 Å². The van der Waals surface area contributed by atoms with Crippen LogP contribution in [0.15, 0.2) is 18.2 Å². The number of nitrogens with zero attached hydrogens (tertiary/aromatic N) is 1. The van der Waals surface area contributed by atoms with E-state index in [4.69, 9.17) is 16.7 Å². The van der Waals surface area contributed by atoms with E-state index >= 15 is 0 Å². The second-order valence-corrected chi connectivity index (χ2v) is 5.12. The number of hydrogen-bond acceptors (Lipinski definition) is 3. The monoisotopic (exact) mass is 298 g/mol. The van der Waals surface area contributed by atoms with Gasteiger partial charge in [0.05, 0.1) is 10.7 Å². The van der Waals surface area contributed by atoms with E-state index in [9.17, 15) is 9.59 Å². The molecule has 1 rings (SSSR count). The maximum Gasteiger partial charge on any atom is 0.303 e. The molecular weight excluding hydrogens is 280 g/mol. The first-order valence-corrected chi connectivity index (χ1v) is 6.76. The minimum Gasteiger partial charge on any atom is -0.481 e.